The van der Waals surface area contributed by atoms with Gasteiger partial charge in [-0.1, -0.05) is 19.3 Å². The number of fused-ring (bicyclic) bond motifs is 1. The SMILES string of the molecule is COC(=O)C1CCN(c2ccc(Nc3nc(NC4CCCCC4)c4ncn(C5CCCCO5)c4n3)c(OC)c2)CC1. The Balaban J connectivity index is 1.27. The average Bonchev–Trinajstić information content (AvgIpc) is 3.46. The third kappa shape index (κ3) is 6.05. The van der Waals surface area contributed by atoms with Crippen LogP contribution in [0.5, 0.6) is 5.75 Å². The molecule has 2 aromatic heterocycles. The van der Waals surface area contributed by atoms with Crippen LogP contribution in [-0.2, 0) is 14.3 Å². The van der Waals surface area contributed by atoms with Gasteiger partial charge in [-0.15, -0.1) is 0 Å². The highest BCUT2D eigenvalue weighted by Gasteiger charge is 2.27. The van der Waals surface area contributed by atoms with E-state index in [0.717, 1.165) is 93.0 Å². The number of carbonyl (C=O) groups excluding carboxylic acids is 1. The van der Waals surface area contributed by atoms with Gasteiger partial charge in [-0.25, -0.2) is 4.98 Å². The number of hydrogen-bond donors (Lipinski definition) is 2. The second-order valence-corrected chi connectivity index (χ2v) is 11.3. The summed E-state index contributed by atoms with van der Waals surface area (Å²) >= 11 is 0. The van der Waals surface area contributed by atoms with Gasteiger partial charge in [0, 0.05) is 37.5 Å². The number of piperidine rings is 1. The Hall–Kier alpha value is -3.60. The monoisotopic (exact) mass is 563 g/mol. The number of nitrogens with zero attached hydrogens (tertiary/aromatic N) is 5. The van der Waals surface area contributed by atoms with Crippen LogP contribution in [0.2, 0.25) is 0 Å². The lowest BCUT2D eigenvalue weighted by Crippen LogP contribution is -2.36. The molecule has 11 nitrogen and oxygen atoms in total. The molecule has 2 aliphatic heterocycles. The molecule has 4 heterocycles. The van der Waals surface area contributed by atoms with Crippen molar-refractivity contribution in [1.29, 1.82) is 0 Å². The molecule has 220 valence electrons. The topological polar surface area (TPSA) is 116 Å². The highest BCUT2D eigenvalue weighted by Crippen LogP contribution is 2.35. The van der Waals surface area contributed by atoms with Crippen LogP contribution >= 0.6 is 0 Å². The molecule has 1 aliphatic carbocycles. The summed E-state index contributed by atoms with van der Waals surface area (Å²) in [7, 11) is 3.13. The van der Waals surface area contributed by atoms with Crippen LogP contribution < -0.4 is 20.3 Å². The third-order valence-electron chi connectivity index (χ3n) is 8.66. The number of ether oxygens (including phenoxy) is 3. The minimum Gasteiger partial charge on any atom is -0.494 e. The molecule has 6 rings (SSSR count). The summed E-state index contributed by atoms with van der Waals surface area (Å²) in [4.78, 5) is 28.8. The van der Waals surface area contributed by atoms with Crippen LogP contribution in [-0.4, -0.2) is 65.4 Å². The number of imidazole rings is 1. The Morgan fingerprint density at radius 3 is 2.54 bits per heavy atom. The van der Waals surface area contributed by atoms with Crippen LogP contribution in [0.25, 0.3) is 11.2 Å². The van der Waals surface area contributed by atoms with Gasteiger partial charge in [-0.3, -0.25) is 9.36 Å². The maximum absolute atomic E-state index is 11.9. The van der Waals surface area contributed by atoms with Gasteiger partial charge in [-0.05, 0) is 57.1 Å². The molecule has 41 heavy (non-hydrogen) atoms. The molecule has 1 unspecified atom stereocenters. The molecule has 0 radical (unpaired) electrons. The number of hydrogen-bond acceptors (Lipinski definition) is 10. The first-order valence-electron chi connectivity index (χ1n) is 15.0. The lowest BCUT2D eigenvalue weighted by Gasteiger charge is -2.32. The predicted molar refractivity (Wildman–Crippen MR) is 158 cm³/mol. The van der Waals surface area contributed by atoms with Gasteiger partial charge in [0.25, 0.3) is 0 Å². The first-order valence-corrected chi connectivity index (χ1v) is 15.0. The number of benzene rings is 1. The standard InChI is InChI=1S/C30H41N7O4/c1-39-24-18-22(36-15-13-20(14-16-36)29(38)40-2)11-12-23(24)33-30-34-27(32-21-8-4-3-5-9-21)26-28(35-30)37(19-31-26)25-10-6-7-17-41-25/h11-12,18-21,25H,3-10,13-17H2,1-2H3,(H2,32,33,34,35). The van der Waals surface area contributed by atoms with Crippen molar-refractivity contribution in [2.45, 2.75) is 76.5 Å². The zero-order chi connectivity index (χ0) is 28.2. The van der Waals surface area contributed by atoms with E-state index >= 15 is 0 Å². The molecule has 3 aromatic rings. The number of anilines is 4. The predicted octanol–water partition coefficient (Wildman–Crippen LogP) is 5.41. The minimum atomic E-state index is -0.118. The van der Waals surface area contributed by atoms with Crippen LogP contribution in [0, 0.1) is 5.92 Å². The fourth-order valence-electron chi connectivity index (χ4n) is 6.31. The maximum Gasteiger partial charge on any atom is 0.308 e. The van der Waals surface area contributed by atoms with E-state index in [0.29, 0.717) is 17.7 Å². The van der Waals surface area contributed by atoms with Crippen molar-refractivity contribution in [1.82, 2.24) is 19.5 Å². The molecule has 0 spiro atoms. The Kier molecular flexibility index (Phi) is 8.41. The van der Waals surface area contributed by atoms with Gasteiger partial charge in [0.05, 0.1) is 32.2 Å². The van der Waals surface area contributed by atoms with E-state index in [1.807, 2.05) is 23.0 Å². The molecule has 11 heteroatoms. The summed E-state index contributed by atoms with van der Waals surface area (Å²) in [6, 6.07) is 6.48. The molecular formula is C30H41N7O4. The van der Waals surface area contributed by atoms with E-state index in [4.69, 9.17) is 29.2 Å². The van der Waals surface area contributed by atoms with Crippen LogP contribution in [0.3, 0.4) is 0 Å². The Morgan fingerprint density at radius 1 is 1.00 bits per heavy atom. The highest BCUT2D eigenvalue weighted by atomic mass is 16.5. The molecule has 1 atom stereocenters. The fourth-order valence-corrected chi connectivity index (χ4v) is 6.31. The molecular weight excluding hydrogens is 522 g/mol. The van der Waals surface area contributed by atoms with Crippen molar-refractivity contribution in [2.24, 2.45) is 5.92 Å². The second kappa shape index (κ2) is 12.5. The van der Waals surface area contributed by atoms with Crippen LogP contribution in [0.1, 0.15) is 70.4 Å². The Morgan fingerprint density at radius 2 is 1.80 bits per heavy atom. The van der Waals surface area contributed by atoms with Gasteiger partial charge in [0.2, 0.25) is 5.95 Å². The van der Waals surface area contributed by atoms with Gasteiger partial charge in [0.1, 0.15) is 12.0 Å². The quantitative estimate of drug-likeness (QED) is 0.345. The van der Waals surface area contributed by atoms with E-state index in [1.165, 1.54) is 26.4 Å². The number of carbonyl (C=O) groups is 1. The lowest BCUT2D eigenvalue weighted by atomic mass is 9.95. The number of esters is 1. The van der Waals surface area contributed by atoms with Gasteiger partial charge >= 0.3 is 5.97 Å². The number of nitrogens with one attached hydrogen (secondary N) is 2. The van der Waals surface area contributed by atoms with Crippen LogP contribution in [0.15, 0.2) is 24.5 Å². The molecule has 2 N–H and O–H groups in total. The summed E-state index contributed by atoms with van der Waals surface area (Å²) in [5.41, 5.74) is 3.37. The summed E-state index contributed by atoms with van der Waals surface area (Å²) in [6.07, 6.45) is 12.5. The average molecular weight is 564 g/mol. The summed E-state index contributed by atoms with van der Waals surface area (Å²) in [6.45, 7) is 2.33. The fraction of sp³-hybridized carbons (Fsp3) is 0.600. The van der Waals surface area contributed by atoms with E-state index in [-0.39, 0.29) is 18.1 Å². The molecule has 1 saturated carbocycles. The minimum absolute atomic E-state index is 0.0324. The van der Waals surface area contributed by atoms with Gasteiger partial charge in [-0.2, -0.15) is 9.97 Å². The van der Waals surface area contributed by atoms with Crippen molar-refractivity contribution < 1.29 is 19.0 Å². The van der Waals surface area contributed by atoms with E-state index in [9.17, 15) is 4.79 Å². The third-order valence-corrected chi connectivity index (χ3v) is 8.66. The molecule has 3 aliphatic rings. The zero-order valence-electron chi connectivity index (χ0n) is 24.1. The maximum atomic E-state index is 11.9. The van der Waals surface area contributed by atoms with Crippen LogP contribution in [0.4, 0.5) is 23.1 Å². The van der Waals surface area contributed by atoms with E-state index < -0.39 is 0 Å². The van der Waals surface area contributed by atoms with Crippen molar-refractivity contribution in [3.63, 3.8) is 0 Å². The summed E-state index contributed by atoms with van der Waals surface area (Å²) < 4.78 is 18.9. The van der Waals surface area contributed by atoms with E-state index in [2.05, 4.69) is 21.6 Å². The van der Waals surface area contributed by atoms with Crippen molar-refractivity contribution >= 4 is 40.3 Å². The molecule has 1 aromatic carbocycles. The normalized spacial score (nSPS) is 20.6. The van der Waals surface area contributed by atoms with E-state index in [1.54, 1.807) is 7.11 Å². The van der Waals surface area contributed by atoms with Crippen molar-refractivity contribution in [2.75, 3.05) is 49.4 Å². The smallest absolute Gasteiger partial charge is 0.308 e. The first-order chi connectivity index (χ1) is 20.1. The molecule has 0 amide bonds. The lowest BCUT2D eigenvalue weighted by molar-refractivity contribution is -0.146. The largest absolute Gasteiger partial charge is 0.494 e. The number of aromatic nitrogens is 4. The van der Waals surface area contributed by atoms with Crippen molar-refractivity contribution in [3.05, 3.63) is 24.5 Å². The molecule has 0 bridgehead atoms. The number of rotatable bonds is 8. The highest BCUT2D eigenvalue weighted by molar-refractivity contribution is 5.85. The van der Waals surface area contributed by atoms with Crippen molar-refractivity contribution in [3.8, 4) is 5.75 Å². The second-order valence-electron chi connectivity index (χ2n) is 11.3. The first kappa shape index (κ1) is 27.6. The van der Waals surface area contributed by atoms with Gasteiger partial charge < -0.3 is 29.7 Å². The molecule has 3 fully saturated rings. The summed E-state index contributed by atoms with van der Waals surface area (Å²) in [5, 5.41) is 7.11. The number of methoxy groups -OCH3 is 2. The Labute approximate surface area is 241 Å². The zero-order valence-corrected chi connectivity index (χ0v) is 24.1. The molecule has 2 saturated heterocycles. The summed E-state index contributed by atoms with van der Waals surface area (Å²) in [5.74, 6) is 1.79. The van der Waals surface area contributed by atoms with Gasteiger partial charge in [0.15, 0.2) is 17.0 Å². The Bertz CT molecular complexity index is 1340.